The van der Waals surface area contributed by atoms with Crippen molar-refractivity contribution in [3.05, 3.63) is 24.3 Å². The highest BCUT2D eigenvalue weighted by molar-refractivity contribution is 5.55. The first-order valence-corrected chi connectivity index (χ1v) is 5.25. The highest BCUT2D eigenvalue weighted by Crippen LogP contribution is 2.17. The van der Waals surface area contributed by atoms with E-state index < -0.39 is 0 Å². The van der Waals surface area contributed by atoms with Crippen LogP contribution in [0.2, 0.25) is 0 Å². The molecule has 0 radical (unpaired) electrons. The summed E-state index contributed by atoms with van der Waals surface area (Å²) in [6.45, 7) is 3.96. The van der Waals surface area contributed by atoms with Gasteiger partial charge in [0.1, 0.15) is 0 Å². The van der Waals surface area contributed by atoms with Crippen LogP contribution in [0.1, 0.15) is 19.8 Å². The molecule has 0 saturated carbocycles. The van der Waals surface area contributed by atoms with E-state index in [1.54, 1.807) is 0 Å². The SMILES string of the molecule is CCN(CCCC#N)c1cccc(N)c1. The third-order valence-electron chi connectivity index (χ3n) is 2.33. The molecule has 1 aromatic carbocycles. The van der Waals surface area contributed by atoms with Crippen molar-refractivity contribution in [2.45, 2.75) is 19.8 Å². The molecule has 0 heterocycles. The molecule has 0 aliphatic rings. The first kappa shape index (κ1) is 11.4. The molecule has 3 nitrogen and oxygen atoms in total. The van der Waals surface area contributed by atoms with Gasteiger partial charge in [0, 0.05) is 30.9 Å². The van der Waals surface area contributed by atoms with E-state index in [0.717, 1.165) is 30.9 Å². The number of anilines is 2. The maximum absolute atomic E-state index is 8.48. The zero-order chi connectivity index (χ0) is 11.1. The molecule has 1 rings (SSSR count). The van der Waals surface area contributed by atoms with E-state index in [4.69, 9.17) is 11.0 Å². The lowest BCUT2D eigenvalue weighted by atomic mass is 10.2. The molecular weight excluding hydrogens is 186 g/mol. The summed E-state index contributed by atoms with van der Waals surface area (Å²) in [4.78, 5) is 2.23. The van der Waals surface area contributed by atoms with Crippen LogP contribution in [0, 0.1) is 11.3 Å². The number of nitrogens with two attached hydrogens (primary N) is 1. The standard InChI is InChI=1S/C12H17N3/c1-2-15(9-4-3-8-13)12-7-5-6-11(14)10-12/h5-7,10H,2-4,9,14H2,1H3. The fourth-order valence-corrected chi connectivity index (χ4v) is 1.54. The van der Waals surface area contributed by atoms with Crippen molar-refractivity contribution in [3.63, 3.8) is 0 Å². The second-order valence-electron chi connectivity index (χ2n) is 3.44. The Morgan fingerprint density at radius 1 is 1.47 bits per heavy atom. The number of unbranched alkanes of at least 4 members (excludes halogenated alkanes) is 1. The van der Waals surface area contributed by atoms with Crippen molar-refractivity contribution in [1.82, 2.24) is 0 Å². The van der Waals surface area contributed by atoms with Gasteiger partial charge in [-0.2, -0.15) is 5.26 Å². The fourth-order valence-electron chi connectivity index (χ4n) is 1.54. The zero-order valence-corrected chi connectivity index (χ0v) is 9.11. The highest BCUT2D eigenvalue weighted by Gasteiger charge is 2.03. The average molecular weight is 203 g/mol. The first-order valence-electron chi connectivity index (χ1n) is 5.25. The summed E-state index contributed by atoms with van der Waals surface area (Å²) >= 11 is 0. The third kappa shape index (κ3) is 3.51. The zero-order valence-electron chi connectivity index (χ0n) is 9.11. The van der Waals surface area contributed by atoms with E-state index in [0.29, 0.717) is 6.42 Å². The van der Waals surface area contributed by atoms with Crippen LogP contribution in [0.25, 0.3) is 0 Å². The number of hydrogen-bond acceptors (Lipinski definition) is 3. The molecule has 0 amide bonds. The smallest absolute Gasteiger partial charge is 0.0622 e. The van der Waals surface area contributed by atoms with Crippen LogP contribution in [0.3, 0.4) is 0 Å². The van der Waals surface area contributed by atoms with Gasteiger partial charge in [-0.1, -0.05) is 6.07 Å². The Morgan fingerprint density at radius 2 is 2.27 bits per heavy atom. The summed E-state index contributed by atoms with van der Waals surface area (Å²) < 4.78 is 0. The Morgan fingerprint density at radius 3 is 2.87 bits per heavy atom. The lowest BCUT2D eigenvalue weighted by Crippen LogP contribution is -2.23. The Bertz CT molecular complexity index is 341. The molecule has 15 heavy (non-hydrogen) atoms. The molecule has 0 aromatic heterocycles. The van der Waals surface area contributed by atoms with E-state index in [9.17, 15) is 0 Å². The number of rotatable bonds is 5. The Balaban J connectivity index is 2.62. The molecule has 0 atom stereocenters. The van der Waals surface area contributed by atoms with Crippen LogP contribution in [0.4, 0.5) is 11.4 Å². The molecule has 0 unspecified atom stereocenters. The number of benzene rings is 1. The van der Waals surface area contributed by atoms with Crippen molar-refractivity contribution in [1.29, 1.82) is 5.26 Å². The van der Waals surface area contributed by atoms with Crippen LogP contribution in [-0.4, -0.2) is 13.1 Å². The summed E-state index contributed by atoms with van der Waals surface area (Å²) in [7, 11) is 0. The predicted octanol–water partition coefficient (Wildman–Crippen LogP) is 2.40. The Kier molecular flexibility index (Phi) is 4.49. The normalized spacial score (nSPS) is 9.60. The summed E-state index contributed by atoms with van der Waals surface area (Å²) in [5.74, 6) is 0. The molecule has 0 fully saturated rings. The largest absolute Gasteiger partial charge is 0.399 e. The molecule has 3 heteroatoms. The minimum absolute atomic E-state index is 0.610. The van der Waals surface area contributed by atoms with E-state index in [1.165, 1.54) is 0 Å². The second kappa shape index (κ2) is 5.92. The molecule has 0 spiro atoms. The van der Waals surface area contributed by atoms with Gasteiger partial charge in [0.25, 0.3) is 0 Å². The Labute approximate surface area is 91.1 Å². The molecule has 2 N–H and O–H groups in total. The van der Waals surface area contributed by atoms with Gasteiger partial charge < -0.3 is 10.6 Å². The van der Waals surface area contributed by atoms with E-state index in [1.807, 2.05) is 24.3 Å². The molecule has 0 aliphatic carbocycles. The van der Waals surface area contributed by atoms with E-state index in [2.05, 4.69) is 17.9 Å². The van der Waals surface area contributed by atoms with E-state index in [-0.39, 0.29) is 0 Å². The van der Waals surface area contributed by atoms with Gasteiger partial charge in [0.15, 0.2) is 0 Å². The molecule has 0 aliphatic heterocycles. The molecule has 0 bridgehead atoms. The number of hydrogen-bond donors (Lipinski definition) is 1. The van der Waals surface area contributed by atoms with Crippen LogP contribution < -0.4 is 10.6 Å². The lowest BCUT2D eigenvalue weighted by molar-refractivity contribution is 0.761. The van der Waals surface area contributed by atoms with Gasteiger partial charge >= 0.3 is 0 Å². The van der Waals surface area contributed by atoms with Crippen LogP contribution in [0.5, 0.6) is 0 Å². The summed E-state index contributed by atoms with van der Waals surface area (Å²) in [6, 6.07) is 10.0. The Hall–Kier alpha value is -1.69. The van der Waals surface area contributed by atoms with Gasteiger partial charge in [0.2, 0.25) is 0 Å². The summed E-state index contributed by atoms with van der Waals surface area (Å²) in [5, 5.41) is 8.48. The number of nitrogen functional groups attached to an aromatic ring is 1. The van der Waals surface area contributed by atoms with Crippen molar-refractivity contribution < 1.29 is 0 Å². The predicted molar refractivity (Wildman–Crippen MR) is 63.6 cm³/mol. The van der Waals surface area contributed by atoms with Crippen molar-refractivity contribution in [2.75, 3.05) is 23.7 Å². The quantitative estimate of drug-likeness (QED) is 0.590. The van der Waals surface area contributed by atoms with Crippen molar-refractivity contribution in [3.8, 4) is 6.07 Å². The lowest BCUT2D eigenvalue weighted by Gasteiger charge is -2.22. The monoisotopic (exact) mass is 203 g/mol. The van der Waals surface area contributed by atoms with Gasteiger partial charge in [-0.15, -0.1) is 0 Å². The van der Waals surface area contributed by atoms with Gasteiger partial charge in [-0.3, -0.25) is 0 Å². The van der Waals surface area contributed by atoms with Crippen LogP contribution in [-0.2, 0) is 0 Å². The number of nitriles is 1. The third-order valence-corrected chi connectivity index (χ3v) is 2.33. The topological polar surface area (TPSA) is 53.0 Å². The van der Waals surface area contributed by atoms with Crippen LogP contribution in [0.15, 0.2) is 24.3 Å². The minimum Gasteiger partial charge on any atom is -0.399 e. The second-order valence-corrected chi connectivity index (χ2v) is 3.44. The van der Waals surface area contributed by atoms with Crippen LogP contribution >= 0.6 is 0 Å². The fraction of sp³-hybridized carbons (Fsp3) is 0.417. The molecule has 1 aromatic rings. The average Bonchev–Trinajstić information content (AvgIpc) is 2.24. The molecule has 0 saturated heterocycles. The first-order chi connectivity index (χ1) is 7.27. The van der Waals surface area contributed by atoms with Gasteiger partial charge in [-0.25, -0.2) is 0 Å². The summed E-state index contributed by atoms with van der Waals surface area (Å²) in [6.07, 6.45) is 1.51. The van der Waals surface area contributed by atoms with Gasteiger partial charge in [-0.05, 0) is 31.5 Å². The maximum Gasteiger partial charge on any atom is 0.0622 e. The molecular formula is C12H17N3. The van der Waals surface area contributed by atoms with Crippen molar-refractivity contribution >= 4 is 11.4 Å². The number of nitrogens with zero attached hydrogens (tertiary/aromatic N) is 2. The van der Waals surface area contributed by atoms with Gasteiger partial charge in [0.05, 0.1) is 6.07 Å². The maximum atomic E-state index is 8.48. The summed E-state index contributed by atoms with van der Waals surface area (Å²) in [5.41, 5.74) is 7.65. The molecule has 80 valence electrons. The van der Waals surface area contributed by atoms with Crippen molar-refractivity contribution in [2.24, 2.45) is 0 Å². The minimum atomic E-state index is 0.610. The highest BCUT2D eigenvalue weighted by atomic mass is 15.1. The van der Waals surface area contributed by atoms with E-state index >= 15 is 0 Å².